The number of para-hydroxylation sites is 1. The van der Waals surface area contributed by atoms with E-state index in [0.29, 0.717) is 5.75 Å². The van der Waals surface area contributed by atoms with E-state index in [1.165, 1.54) is 0 Å². The second-order valence-electron chi connectivity index (χ2n) is 1.49. The fraction of sp³-hybridized carbons (Fsp3) is 0. The van der Waals surface area contributed by atoms with Crippen LogP contribution in [0.1, 0.15) is 0 Å². The first kappa shape index (κ1) is 6.03. The van der Waals surface area contributed by atoms with Gasteiger partial charge in [0.05, 0.1) is 0 Å². The van der Waals surface area contributed by atoms with Crippen LogP contribution in [0, 0.1) is 0 Å². The third kappa shape index (κ3) is 1.19. The normalized spacial score (nSPS) is 9.12. The summed E-state index contributed by atoms with van der Waals surface area (Å²) in [7, 11) is 0. The average molecular weight is 302 g/mol. The molecule has 1 N–H and O–H groups in total. The average Bonchev–Trinajstić information content (AvgIpc) is 1.77. The van der Waals surface area contributed by atoms with Gasteiger partial charge in [-0.2, -0.15) is 0 Å². The van der Waals surface area contributed by atoms with Crippen LogP contribution in [0.25, 0.3) is 0 Å². The van der Waals surface area contributed by atoms with Crippen LogP contribution in [0.5, 0.6) is 5.75 Å². The molecule has 2 radical (unpaired) electrons. The van der Waals surface area contributed by atoms with E-state index in [1.807, 2.05) is 18.2 Å². The molecule has 0 amide bonds. The second kappa shape index (κ2) is 2.45. The molecule has 0 spiro atoms. The van der Waals surface area contributed by atoms with E-state index in [9.17, 15) is 0 Å². The minimum absolute atomic E-state index is 0.417. The number of phenols is 1. The first-order valence-corrected chi connectivity index (χ1v) is 4.01. The molecule has 0 fully saturated rings. The fourth-order valence-corrected chi connectivity index (χ4v) is 1.09. The Balaban J connectivity index is 3.13. The molecule has 0 saturated heterocycles. The van der Waals surface area contributed by atoms with Crippen molar-refractivity contribution in [3.8, 4) is 5.75 Å². The van der Waals surface area contributed by atoms with Crippen LogP contribution in [0.3, 0.4) is 0 Å². The van der Waals surface area contributed by atoms with Crippen molar-refractivity contribution < 1.29 is 5.11 Å². The maximum atomic E-state index is 8.95. The van der Waals surface area contributed by atoms with Crippen molar-refractivity contribution in [3.63, 3.8) is 0 Å². The number of phenolic OH excluding ortho intramolecular Hbond substituents is 1. The predicted molar refractivity (Wildman–Crippen MR) is 33.5 cm³/mol. The number of rotatable bonds is 0. The third-order valence-corrected chi connectivity index (χ3v) is 2.35. The zero-order valence-electron chi connectivity index (χ0n) is 4.20. The zero-order valence-corrected chi connectivity index (χ0v) is 7.68. The van der Waals surface area contributed by atoms with E-state index < -0.39 is 0 Å². The van der Waals surface area contributed by atoms with Gasteiger partial charge in [0.1, 0.15) is 0 Å². The van der Waals surface area contributed by atoms with Gasteiger partial charge in [-0.25, -0.2) is 0 Å². The van der Waals surface area contributed by atoms with Gasteiger partial charge in [0.2, 0.25) is 0 Å². The van der Waals surface area contributed by atoms with Gasteiger partial charge >= 0.3 is 63.1 Å². The van der Waals surface area contributed by atoms with Crippen molar-refractivity contribution in [1.29, 1.82) is 0 Å². The topological polar surface area (TPSA) is 20.2 Å². The van der Waals surface area contributed by atoms with Gasteiger partial charge in [-0.15, -0.1) is 0 Å². The summed E-state index contributed by atoms with van der Waals surface area (Å²) in [6, 6.07) is 7.37. The molecule has 40 valence electrons. The van der Waals surface area contributed by atoms with Gasteiger partial charge in [0.15, 0.2) is 0 Å². The molecule has 2 heteroatoms. The number of hydrogen-bond donors (Lipinski definition) is 1. The van der Waals surface area contributed by atoms with Crippen molar-refractivity contribution in [2.24, 2.45) is 0 Å². The summed E-state index contributed by atoms with van der Waals surface area (Å²) in [5.41, 5.74) is 0. The monoisotopic (exact) mass is 302 g/mol. The molecule has 1 rings (SSSR count). The van der Waals surface area contributed by atoms with Gasteiger partial charge < -0.3 is 0 Å². The standard InChI is InChI=1S/C6H5O.Bi/c7-6-4-2-1-3-5-6;/h1-4,7H;. The molecule has 0 bridgehead atoms. The molecular formula is C6H5BiO. The SMILES string of the molecule is Oc1cccc[c]1[Bi]. The Hall–Kier alpha value is -0.0969. The Morgan fingerprint density at radius 2 is 1.88 bits per heavy atom. The Labute approximate surface area is 63.2 Å². The first-order valence-electron chi connectivity index (χ1n) is 2.27. The van der Waals surface area contributed by atoms with Gasteiger partial charge in [-0.05, 0) is 0 Å². The molecule has 0 aliphatic carbocycles. The molecule has 0 heterocycles. The summed E-state index contributed by atoms with van der Waals surface area (Å²) in [6.07, 6.45) is 0. The Bertz CT molecular complexity index is 165. The second-order valence-corrected chi connectivity index (χ2v) is 3.36. The molecule has 8 heavy (non-hydrogen) atoms. The van der Waals surface area contributed by atoms with E-state index in [4.69, 9.17) is 5.11 Å². The molecule has 1 aromatic carbocycles. The van der Waals surface area contributed by atoms with E-state index in [-0.39, 0.29) is 0 Å². The molecule has 0 aliphatic rings. The van der Waals surface area contributed by atoms with Crippen molar-refractivity contribution >= 4 is 28.0 Å². The number of hydrogen-bond acceptors (Lipinski definition) is 1. The van der Waals surface area contributed by atoms with Crippen LogP contribution in [-0.2, 0) is 0 Å². The maximum absolute atomic E-state index is 8.95. The van der Waals surface area contributed by atoms with Crippen molar-refractivity contribution in [3.05, 3.63) is 24.3 Å². The zero-order chi connectivity index (χ0) is 5.98. The van der Waals surface area contributed by atoms with E-state index in [1.54, 1.807) is 6.07 Å². The van der Waals surface area contributed by atoms with Gasteiger partial charge in [-0.3, -0.25) is 0 Å². The van der Waals surface area contributed by atoms with Gasteiger partial charge in [-0.1, -0.05) is 0 Å². The summed E-state index contributed by atoms with van der Waals surface area (Å²) < 4.78 is 1.03. The Morgan fingerprint density at radius 1 is 1.25 bits per heavy atom. The summed E-state index contributed by atoms with van der Waals surface area (Å²) in [4.78, 5) is 0. The van der Waals surface area contributed by atoms with Crippen molar-refractivity contribution in [2.75, 3.05) is 0 Å². The molecule has 0 saturated carbocycles. The predicted octanol–water partition coefficient (Wildman–Crippen LogP) is 0.186. The Kier molecular flexibility index (Phi) is 1.85. The van der Waals surface area contributed by atoms with Crippen LogP contribution < -0.4 is 3.27 Å². The number of aromatic hydroxyl groups is 1. The van der Waals surface area contributed by atoms with Crippen molar-refractivity contribution in [1.82, 2.24) is 0 Å². The van der Waals surface area contributed by atoms with Crippen molar-refractivity contribution in [2.45, 2.75) is 0 Å². The van der Waals surface area contributed by atoms with E-state index in [2.05, 4.69) is 0 Å². The molecular weight excluding hydrogens is 297 g/mol. The van der Waals surface area contributed by atoms with Crippen LogP contribution in [0.4, 0.5) is 0 Å². The van der Waals surface area contributed by atoms with Crippen LogP contribution >= 0.6 is 0 Å². The van der Waals surface area contributed by atoms with Crippen LogP contribution in [0.15, 0.2) is 24.3 Å². The molecule has 1 aromatic rings. The van der Waals surface area contributed by atoms with Gasteiger partial charge in [0, 0.05) is 0 Å². The molecule has 0 aromatic heterocycles. The van der Waals surface area contributed by atoms with Gasteiger partial charge in [0.25, 0.3) is 0 Å². The first-order chi connectivity index (χ1) is 3.80. The summed E-state index contributed by atoms with van der Waals surface area (Å²) in [5, 5.41) is 8.95. The third-order valence-electron chi connectivity index (χ3n) is 0.882. The quantitative estimate of drug-likeness (QED) is 0.678. The summed E-state index contributed by atoms with van der Waals surface area (Å²) >= 11 is 1.11. The summed E-state index contributed by atoms with van der Waals surface area (Å²) in [6.45, 7) is 0. The minimum atomic E-state index is 0.417. The fourth-order valence-electron chi connectivity index (χ4n) is 0.464. The molecule has 1 nitrogen and oxygen atoms in total. The molecule has 0 aliphatic heterocycles. The number of benzene rings is 1. The van der Waals surface area contributed by atoms with E-state index >= 15 is 0 Å². The Morgan fingerprint density at radius 3 is 2.25 bits per heavy atom. The van der Waals surface area contributed by atoms with E-state index in [0.717, 1.165) is 28.0 Å². The van der Waals surface area contributed by atoms with Crippen LogP contribution in [0.2, 0.25) is 0 Å². The molecule has 0 unspecified atom stereocenters. The molecule has 0 atom stereocenters. The van der Waals surface area contributed by atoms with Crippen LogP contribution in [-0.4, -0.2) is 29.8 Å². The summed E-state index contributed by atoms with van der Waals surface area (Å²) in [5.74, 6) is 0.417.